The number of imidazole rings is 1. The third kappa shape index (κ3) is 5.85. The van der Waals surface area contributed by atoms with Gasteiger partial charge in [0.15, 0.2) is 5.82 Å². The van der Waals surface area contributed by atoms with Crippen LogP contribution in [0.2, 0.25) is 0 Å². The van der Waals surface area contributed by atoms with Crippen LogP contribution in [0.15, 0.2) is 48.9 Å². The maximum atomic E-state index is 12.4. The summed E-state index contributed by atoms with van der Waals surface area (Å²) in [6.45, 7) is 5.25. The Balaban J connectivity index is 1.71. The zero-order valence-corrected chi connectivity index (χ0v) is 22.5. The molecule has 0 bridgehead atoms. The minimum atomic E-state index is -0.398. The number of carbonyl (C=O) groups excluding carboxylic acids is 1. The maximum Gasteiger partial charge on any atom is 0.300 e. The number of aryl methyl sites for hydroxylation is 1. The van der Waals surface area contributed by atoms with Gasteiger partial charge in [-0.1, -0.05) is 12.0 Å². The summed E-state index contributed by atoms with van der Waals surface area (Å²) in [6.07, 6.45) is 5.47. The minimum absolute atomic E-state index is 0.365. The Morgan fingerprint density at radius 3 is 2.68 bits per heavy atom. The van der Waals surface area contributed by atoms with Crippen molar-refractivity contribution >= 4 is 34.4 Å². The zero-order chi connectivity index (χ0) is 27.2. The fourth-order valence-corrected chi connectivity index (χ4v) is 4.00. The zero-order valence-electron chi connectivity index (χ0n) is 22.5. The van der Waals surface area contributed by atoms with E-state index in [1.165, 1.54) is 0 Å². The summed E-state index contributed by atoms with van der Waals surface area (Å²) in [6, 6.07) is 9.53. The number of ether oxygens (including phenoxy) is 1. The first kappa shape index (κ1) is 26.4. The van der Waals surface area contributed by atoms with Crippen molar-refractivity contribution in [1.82, 2.24) is 24.3 Å². The third-order valence-electron chi connectivity index (χ3n) is 6.01. The second-order valence-electron chi connectivity index (χ2n) is 9.04. The van der Waals surface area contributed by atoms with Gasteiger partial charge in [-0.05, 0) is 57.6 Å². The number of benzene rings is 1. The normalized spacial score (nSPS) is 10.7. The average molecular weight is 513 g/mol. The topological polar surface area (TPSA) is 99.9 Å². The quantitative estimate of drug-likeness (QED) is 0.327. The molecule has 0 fully saturated rings. The number of hydrogen-bond acceptors (Lipinski definition) is 8. The molecule has 0 radical (unpaired) electrons. The number of methoxy groups -OCH3 is 1. The highest BCUT2D eigenvalue weighted by molar-refractivity contribution is 6.06. The lowest BCUT2D eigenvalue weighted by Gasteiger charge is -2.25. The SMILES string of the molecule is CC#CC(=O)Nc1cc(Nc2nccc(-c3ncc4c(C)cccn34)n2)c(OC)cc1N(C)CCN(C)C. The highest BCUT2D eigenvalue weighted by Gasteiger charge is 2.17. The van der Waals surface area contributed by atoms with E-state index in [1.807, 2.05) is 69.1 Å². The molecule has 196 valence electrons. The molecule has 4 aromatic rings. The van der Waals surface area contributed by atoms with Gasteiger partial charge in [0.1, 0.15) is 11.4 Å². The highest BCUT2D eigenvalue weighted by Crippen LogP contribution is 2.38. The first-order valence-corrected chi connectivity index (χ1v) is 12.2. The largest absolute Gasteiger partial charge is 0.494 e. The Bertz CT molecular complexity index is 1520. The van der Waals surface area contributed by atoms with Gasteiger partial charge in [-0.25, -0.2) is 15.0 Å². The molecule has 0 spiro atoms. The van der Waals surface area contributed by atoms with Crippen molar-refractivity contribution in [2.24, 2.45) is 0 Å². The van der Waals surface area contributed by atoms with Gasteiger partial charge < -0.3 is 25.2 Å². The van der Waals surface area contributed by atoms with Crippen molar-refractivity contribution in [3.63, 3.8) is 0 Å². The molecule has 0 aliphatic carbocycles. The number of fused-ring (bicyclic) bond motifs is 1. The number of nitrogens with one attached hydrogen (secondary N) is 2. The maximum absolute atomic E-state index is 12.4. The second-order valence-corrected chi connectivity index (χ2v) is 9.04. The minimum Gasteiger partial charge on any atom is -0.494 e. The van der Waals surface area contributed by atoms with Gasteiger partial charge in [-0.2, -0.15) is 0 Å². The summed E-state index contributed by atoms with van der Waals surface area (Å²) >= 11 is 0. The van der Waals surface area contributed by atoms with Crippen LogP contribution in [0.3, 0.4) is 0 Å². The molecule has 4 rings (SSSR count). The van der Waals surface area contributed by atoms with Gasteiger partial charge in [0.2, 0.25) is 5.95 Å². The van der Waals surface area contributed by atoms with Crippen LogP contribution in [0.25, 0.3) is 17.0 Å². The highest BCUT2D eigenvalue weighted by atomic mass is 16.5. The summed E-state index contributed by atoms with van der Waals surface area (Å²) < 4.78 is 7.71. The van der Waals surface area contributed by atoms with Crippen molar-refractivity contribution in [3.8, 4) is 29.1 Å². The van der Waals surface area contributed by atoms with Gasteiger partial charge in [-0.3, -0.25) is 9.20 Å². The molecule has 10 nitrogen and oxygen atoms in total. The molecule has 0 saturated heterocycles. The summed E-state index contributed by atoms with van der Waals surface area (Å²) in [4.78, 5) is 30.2. The second kappa shape index (κ2) is 11.6. The molecule has 0 aliphatic rings. The number of anilines is 4. The fourth-order valence-electron chi connectivity index (χ4n) is 4.00. The number of pyridine rings is 1. The lowest BCUT2D eigenvalue weighted by atomic mass is 10.2. The first-order valence-electron chi connectivity index (χ1n) is 12.2. The summed E-state index contributed by atoms with van der Waals surface area (Å²) in [5.41, 5.74) is 4.79. The molecule has 0 aliphatic heterocycles. The molecule has 1 aromatic carbocycles. The summed E-state index contributed by atoms with van der Waals surface area (Å²) in [5, 5.41) is 6.15. The van der Waals surface area contributed by atoms with Gasteiger partial charge in [0.05, 0.1) is 35.9 Å². The van der Waals surface area contributed by atoms with Crippen LogP contribution in [0.5, 0.6) is 5.75 Å². The van der Waals surface area contributed by atoms with Crippen LogP contribution in [0.1, 0.15) is 12.5 Å². The van der Waals surface area contributed by atoms with E-state index in [0.29, 0.717) is 34.6 Å². The average Bonchev–Trinajstić information content (AvgIpc) is 3.33. The molecular formula is C28H32N8O2. The third-order valence-corrected chi connectivity index (χ3v) is 6.01. The lowest BCUT2D eigenvalue weighted by molar-refractivity contribution is -0.111. The van der Waals surface area contributed by atoms with Crippen molar-refractivity contribution in [3.05, 3.63) is 54.5 Å². The van der Waals surface area contributed by atoms with Crippen LogP contribution < -0.4 is 20.3 Å². The van der Waals surface area contributed by atoms with Gasteiger partial charge in [-0.15, -0.1) is 0 Å². The monoisotopic (exact) mass is 512 g/mol. The van der Waals surface area contributed by atoms with Gasteiger partial charge in [0, 0.05) is 38.6 Å². The molecule has 0 saturated carbocycles. The van der Waals surface area contributed by atoms with Crippen molar-refractivity contribution < 1.29 is 9.53 Å². The molecule has 0 atom stereocenters. The Labute approximate surface area is 222 Å². The summed E-state index contributed by atoms with van der Waals surface area (Å²) in [5.74, 6) is 6.43. The Morgan fingerprint density at radius 1 is 1.13 bits per heavy atom. The van der Waals surface area contributed by atoms with Crippen LogP contribution in [0.4, 0.5) is 23.0 Å². The number of carbonyl (C=O) groups is 1. The number of likely N-dealkylation sites (N-methyl/N-ethyl adjacent to an activating group) is 2. The van der Waals surface area contributed by atoms with E-state index >= 15 is 0 Å². The van der Waals surface area contributed by atoms with Crippen molar-refractivity contribution in [2.75, 3.05) is 56.9 Å². The van der Waals surface area contributed by atoms with Crippen molar-refractivity contribution in [1.29, 1.82) is 0 Å². The molecule has 10 heteroatoms. The molecule has 2 N–H and O–H groups in total. The smallest absolute Gasteiger partial charge is 0.300 e. The van der Waals surface area contributed by atoms with E-state index in [1.54, 1.807) is 26.3 Å². The number of amides is 1. The predicted molar refractivity (Wildman–Crippen MR) is 151 cm³/mol. The molecule has 3 heterocycles. The van der Waals surface area contributed by atoms with E-state index in [0.717, 1.165) is 29.9 Å². The Kier molecular flexibility index (Phi) is 8.09. The first-order chi connectivity index (χ1) is 18.3. The summed E-state index contributed by atoms with van der Waals surface area (Å²) in [7, 11) is 7.60. The van der Waals surface area contributed by atoms with E-state index in [-0.39, 0.29) is 0 Å². The van der Waals surface area contributed by atoms with Crippen LogP contribution in [0, 0.1) is 18.8 Å². The van der Waals surface area contributed by atoms with Crippen LogP contribution in [-0.2, 0) is 4.79 Å². The molecule has 38 heavy (non-hydrogen) atoms. The molecule has 3 aromatic heterocycles. The van der Waals surface area contributed by atoms with Crippen LogP contribution >= 0.6 is 0 Å². The molecular weight excluding hydrogens is 480 g/mol. The number of nitrogens with zero attached hydrogens (tertiary/aromatic N) is 6. The van der Waals surface area contributed by atoms with E-state index in [9.17, 15) is 4.79 Å². The fraction of sp³-hybridized carbons (Fsp3) is 0.286. The Hall–Kier alpha value is -4.62. The number of aromatic nitrogens is 4. The number of rotatable bonds is 9. The molecule has 1 amide bonds. The van der Waals surface area contributed by atoms with E-state index in [2.05, 4.69) is 42.2 Å². The van der Waals surface area contributed by atoms with E-state index in [4.69, 9.17) is 9.72 Å². The lowest BCUT2D eigenvalue weighted by Crippen LogP contribution is -2.29. The van der Waals surface area contributed by atoms with Crippen LogP contribution in [-0.4, -0.2) is 71.5 Å². The Morgan fingerprint density at radius 2 is 1.95 bits per heavy atom. The predicted octanol–water partition coefficient (Wildman–Crippen LogP) is 3.81. The van der Waals surface area contributed by atoms with Crippen molar-refractivity contribution in [2.45, 2.75) is 13.8 Å². The van der Waals surface area contributed by atoms with E-state index < -0.39 is 5.91 Å². The van der Waals surface area contributed by atoms with Gasteiger partial charge in [0.25, 0.3) is 5.91 Å². The van der Waals surface area contributed by atoms with Gasteiger partial charge >= 0.3 is 0 Å². The standard InChI is InChI=1S/C28H32N8O2/c1-7-9-26(37)31-21-16-22(25(38-6)17-23(21)35(5)15-14-34(3)4)33-28-29-12-11-20(32-28)27-30-18-24-19(2)10-8-13-36(24)27/h8,10-13,16-18H,14-15H2,1-6H3,(H,31,37)(H,29,32,33). The molecule has 0 unspecified atom stereocenters. The number of hydrogen-bond donors (Lipinski definition) is 2.